The third-order valence-corrected chi connectivity index (χ3v) is 3.52. The van der Waals surface area contributed by atoms with Crippen molar-refractivity contribution in [3.05, 3.63) is 34.5 Å². The van der Waals surface area contributed by atoms with Crippen molar-refractivity contribution in [2.24, 2.45) is 5.11 Å². The maximum atomic E-state index is 14.3. The number of nitrogens with zero attached hydrogens (tertiary/aromatic N) is 5. The van der Waals surface area contributed by atoms with E-state index in [4.69, 9.17) is 15.0 Å². The van der Waals surface area contributed by atoms with E-state index in [1.807, 2.05) is 0 Å². The fourth-order valence-electron chi connectivity index (χ4n) is 2.45. The first kappa shape index (κ1) is 14.9. The van der Waals surface area contributed by atoms with Crippen LogP contribution in [0.4, 0.5) is 25.4 Å². The molecular weight excluding hydrogens is 309 g/mol. The van der Waals surface area contributed by atoms with Gasteiger partial charge in [-0.25, -0.2) is 14.0 Å². The molecule has 2 amide bonds. The number of carbonyl (C=O) groups is 2. The SMILES string of the molecule is [N-]=[N+]=NC[C@H]1CN(c2ccc(N3CCOC3=O)c(F)c2)C(=O)O1. The Morgan fingerprint density at radius 1 is 1.35 bits per heavy atom. The molecule has 0 N–H and O–H groups in total. The zero-order valence-corrected chi connectivity index (χ0v) is 11.9. The van der Waals surface area contributed by atoms with Crippen LogP contribution in [0.25, 0.3) is 10.4 Å². The Labute approximate surface area is 129 Å². The molecule has 2 saturated heterocycles. The van der Waals surface area contributed by atoms with Crippen molar-refractivity contribution in [2.75, 3.05) is 36.0 Å². The van der Waals surface area contributed by atoms with Gasteiger partial charge >= 0.3 is 12.2 Å². The molecule has 1 aromatic rings. The van der Waals surface area contributed by atoms with Gasteiger partial charge in [0.2, 0.25) is 0 Å². The van der Waals surface area contributed by atoms with Crippen LogP contribution in [0, 0.1) is 5.82 Å². The molecule has 2 aliphatic rings. The first-order valence-electron chi connectivity index (χ1n) is 6.83. The number of azide groups is 1. The van der Waals surface area contributed by atoms with E-state index in [1.54, 1.807) is 0 Å². The summed E-state index contributed by atoms with van der Waals surface area (Å²) in [7, 11) is 0. The highest BCUT2D eigenvalue weighted by atomic mass is 19.1. The van der Waals surface area contributed by atoms with Crippen LogP contribution in [-0.4, -0.2) is 44.5 Å². The molecule has 10 heteroatoms. The molecule has 9 nitrogen and oxygen atoms in total. The molecule has 1 aromatic carbocycles. The van der Waals surface area contributed by atoms with Crippen molar-refractivity contribution in [3.63, 3.8) is 0 Å². The molecule has 23 heavy (non-hydrogen) atoms. The lowest BCUT2D eigenvalue weighted by Crippen LogP contribution is -2.27. The Hall–Kier alpha value is -3.00. The second kappa shape index (κ2) is 6.01. The van der Waals surface area contributed by atoms with Crippen LogP contribution in [0.1, 0.15) is 0 Å². The highest BCUT2D eigenvalue weighted by molar-refractivity contribution is 5.92. The summed E-state index contributed by atoms with van der Waals surface area (Å²) in [5.74, 6) is -0.646. The van der Waals surface area contributed by atoms with Crippen molar-refractivity contribution in [1.82, 2.24) is 0 Å². The summed E-state index contributed by atoms with van der Waals surface area (Å²) in [4.78, 5) is 28.3. The average Bonchev–Trinajstić information content (AvgIpc) is 3.11. The summed E-state index contributed by atoms with van der Waals surface area (Å²) in [6.07, 6.45) is -1.82. The van der Waals surface area contributed by atoms with Gasteiger partial charge in [-0.2, -0.15) is 0 Å². The Kier molecular flexibility index (Phi) is 3.90. The highest BCUT2D eigenvalue weighted by Gasteiger charge is 2.33. The van der Waals surface area contributed by atoms with Gasteiger partial charge in [0.15, 0.2) is 0 Å². The van der Waals surface area contributed by atoms with Gasteiger partial charge in [0.05, 0.1) is 31.0 Å². The molecule has 0 spiro atoms. The van der Waals surface area contributed by atoms with Crippen LogP contribution in [0.3, 0.4) is 0 Å². The summed E-state index contributed by atoms with van der Waals surface area (Å²) in [6.45, 7) is 0.649. The topological polar surface area (TPSA) is 108 Å². The van der Waals surface area contributed by atoms with E-state index in [1.165, 1.54) is 21.9 Å². The van der Waals surface area contributed by atoms with E-state index in [-0.39, 0.29) is 31.9 Å². The summed E-state index contributed by atoms with van der Waals surface area (Å²) in [5, 5.41) is 3.35. The Morgan fingerprint density at radius 3 is 2.83 bits per heavy atom. The molecule has 0 saturated carbocycles. The first-order valence-corrected chi connectivity index (χ1v) is 6.83. The molecule has 0 radical (unpaired) electrons. The normalized spacial score (nSPS) is 20.3. The first-order chi connectivity index (χ1) is 11.1. The van der Waals surface area contributed by atoms with E-state index in [0.29, 0.717) is 5.69 Å². The van der Waals surface area contributed by atoms with E-state index in [2.05, 4.69) is 10.0 Å². The Morgan fingerprint density at radius 2 is 2.17 bits per heavy atom. The summed E-state index contributed by atoms with van der Waals surface area (Å²) < 4.78 is 24.1. The molecule has 2 heterocycles. The number of amides is 2. The lowest BCUT2D eigenvalue weighted by molar-refractivity contribution is 0.145. The number of halogens is 1. The van der Waals surface area contributed by atoms with Gasteiger partial charge in [-0.3, -0.25) is 9.80 Å². The van der Waals surface area contributed by atoms with Crippen LogP contribution in [0.2, 0.25) is 0 Å². The smallest absolute Gasteiger partial charge is 0.414 e. The molecule has 2 fully saturated rings. The lowest BCUT2D eigenvalue weighted by Gasteiger charge is -2.17. The van der Waals surface area contributed by atoms with Gasteiger partial charge in [0, 0.05) is 4.91 Å². The minimum atomic E-state index is -0.646. The molecule has 0 bridgehead atoms. The van der Waals surface area contributed by atoms with Gasteiger partial charge < -0.3 is 9.47 Å². The number of benzene rings is 1. The third-order valence-electron chi connectivity index (χ3n) is 3.52. The summed E-state index contributed by atoms with van der Waals surface area (Å²) in [5.41, 5.74) is 8.67. The van der Waals surface area contributed by atoms with Crippen molar-refractivity contribution in [2.45, 2.75) is 6.10 Å². The molecule has 1 atom stereocenters. The fraction of sp³-hybridized carbons (Fsp3) is 0.385. The van der Waals surface area contributed by atoms with Gasteiger partial charge in [0.1, 0.15) is 18.5 Å². The maximum absolute atomic E-state index is 14.3. The zero-order chi connectivity index (χ0) is 16.4. The molecule has 0 aromatic heterocycles. The molecule has 3 rings (SSSR count). The predicted octanol–water partition coefficient (Wildman–Crippen LogP) is 2.42. The standard InChI is InChI=1S/C13H12FN5O4/c14-10-5-8(1-2-11(10)18-3-4-22-12(18)20)19-7-9(6-16-17-15)23-13(19)21/h1-2,5,9H,3-4,6-7H2/t9-/m0/s1. The van der Waals surface area contributed by atoms with E-state index in [0.717, 1.165) is 6.07 Å². The van der Waals surface area contributed by atoms with E-state index >= 15 is 0 Å². The molecule has 0 aliphatic carbocycles. The fourth-order valence-corrected chi connectivity index (χ4v) is 2.45. The van der Waals surface area contributed by atoms with Crippen molar-refractivity contribution >= 4 is 23.6 Å². The van der Waals surface area contributed by atoms with Crippen LogP contribution in [0.15, 0.2) is 23.3 Å². The van der Waals surface area contributed by atoms with E-state index in [9.17, 15) is 14.0 Å². The van der Waals surface area contributed by atoms with Crippen molar-refractivity contribution in [1.29, 1.82) is 0 Å². The summed E-state index contributed by atoms with van der Waals surface area (Å²) >= 11 is 0. The Balaban J connectivity index is 1.79. The maximum Gasteiger partial charge on any atom is 0.414 e. The quantitative estimate of drug-likeness (QED) is 0.482. The largest absolute Gasteiger partial charge is 0.447 e. The second-order valence-corrected chi connectivity index (χ2v) is 4.93. The Bertz CT molecular complexity index is 706. The molecule has 2 aliphatic heterocycles. The van der Waals surface area contributed by atoms with E-state index < -0.39 is 24.1 Å². The zero-order valence-electron chi connectivity index (χ0n) is 11.9. The number of hydrogen-bond donors (Lipinski definition) is 0. The highest BCUT2D eigenvalue weighted by Crippen LogP contribution is 2.29. The number of rotatable bonds is 4. The average molecular weight is 321 g/mol. The molecular formula is C13H12FN5O4. The van der Waals surface area contributed by atoms with Gasteiger partial charge in [-0.15, -0.1) is 0 Å². The predicted molar refractivity (Wildman–Crippen MR) is 76.7 cm³/mol. The minimum absolute atomic E-state index is 0.0128. The van der Waals surface area contributed by atoms with Crippen molar-refractivity contribution in [3.8, 4) is 0 Å². The molecule has 120 valence electrons. The summed E-state index contributed by atoms with van der Waals surface area (Å²) in [6, 6.07) is 4.07. The van der Waals surface area contributed by atoms with Gasteiger partial charge in [0.25, 0.3) is 0 Å². The van der Waals surface area contributed by atoms with Crippen molar-refractivity contribution < 1.29 is 23.5 Å². The number of ether oxygens (including phenoxy) is 2. The number of anilines is 2. The van der Waals surface area contributed by atoms with Crippen LogP contribution < -0.4 is 9.80 Å². The van der Waals surface area contributed by atoms with Crippen LogP contribution in [0.5, 0.6) is 0 Å². The van der Waals surface area contributed by atoms with Crippen LogP contribution >= 0.6 is 0 Å². The number of cyclic esters (lactones) is 2. The third kappa shape index (κ3) is 2.84. The van der Waals surface area contributed by atoms with Gasteiger partial charge in [-0.1, -0.05) is 5.11 Å². The monoisotopic (exact) mass is 321 g/mol. The minimum Gasteiger partial charge on any atom is -0.447 e. The second-order valence-electron chi connectivity index (χ2n) is 4.93. The number of hydrogen-bond acceptors (Lipinski definition) is 5. The van der Waals surface area contributed by atoms with Crippen LogP contribution in [-0.2, 0) is 9.47 Å². The number of carbonyl (C=O) groups excluding carboxylic acids is 2. The lowest BCUT2D eigenvalue weighted by atomic mass is 10.2. The molecule has 0 unspecified atom stereocenters. The van der Waals surface area contributed by atoms with Gasteiger partial charge in [-0.05, 0) is 23.7 Å².